The predicted molar refractivity (Wildman–Crippen MR) is 343 cm³/mol. The van der Waals surface area contributed by atoms with E-state index in [1.165, 1.54) is 87.6 Å². The molecule has 0 bridgehead atoms. The van der Waals surface area contributed by atoms with Crippen LogP contribution in [0.1, 0.15) is 0 Å². The van der Waals surface area contributed by atoms with Gasteiger partial charge in [-0.25, -0.2) is 0 Å². The molecule has 15 rings (SSSR count). The zero-order valence-corrected chi connectivity index (χ0v) is 43.9. The summed E-state index contributed by atoms with van der Waals surface area (Å²) in [6.07, 6.45) is 0. The van der Waals surface area contributed by atoms with Gasteiger partial charge in [-0.05, 0) is 148 Å². The summed E-state index contributed by atoms with van der Waals surface area (Å²) in [7, 11) is 0. The second kappa shape index (κ2) is 19.8. The Morgan fingerprint density at radius 3 is 0.912 bits per heavy atom. The van der Waals surface area contributed by atoms with E-state index in [4.69, 9.17) is 0 Å². The van der Waals surface area contributed by atoms with Crippen molar-refractivity contribution in [3.63, 3.8) is 0 Å². The van der Waals surface area contributed by atoms with Gasteiger partial charge in [0.2, 0.25) is 0 Å². The third-order valence-electron chi connectivity index (χ3n) is 16.1. The quantitative estimate of drug-likeness (QED) is 0.0995. The Morgan fingerprint density at radius 1 is 0.163 bits per heavy atom. The van der Waals surface area contributed by atoms with E-state index in [1.807, 2.05) is 0 Å². The van der Waals surface area contributed by atoms with Gasteiger partial charge in [0.1, 0.15) is 0 Å². The Bertz CT molecular complexity index is 4660. The van der Waals surface area contributed by atoms with Gasteiger partial charge >= 0.3 is 0 Å². The summed E-state index contributed by atoms with van der Waals surface area (Å²) in [6.45, 7) is 0. The van der Waals surface area contributed by atoms with Crippen molar-refractivity contribution >= 4 is 98.8 Å². The van der Waals surface area contributed by atoms with Gasteiger partial charge < -0.3 is 9.80 Å². The highest BCUT2D eigenvalue weighted by Crippen LogP contribution is 2.53. The van der Waals surface area contributed by atoms with Crippen molar-refractivity contribution in [2.45, 2.75) is 0 Å². The first-order chi connectivity index (χ1) is 39.7. The number of hydrogen-bond acceptors (Lipinski definition) is 2. The first kappa shape index (κ1) is 46.7. The van der Waals surface area contributed by atoms with Crippen molar-refractivity contribution in [3.8, 4) is 44.5 Å². The largest absolute Gasteiger partial charge is 0.309 e. The standard InChI is InChI=1S/C78H52N2/c1-4-20-53(21-5-1)57-40-44-64(45-41-57)79(65-46-42-58(43-47-65)54-22-6-2-7-23-54)77-70-32-16-18-34-72(70)78(73-35-19-17-33-71(73)77)80(63-28-8-3-9-29-63)66-48-49-69-74(52-66)76(62-39-37-56-25-11-13-27-60(56)51-62)68-31-15-14-30-67(68)75(69)61-38-36-55-24-10-12-26-59(55)50-61/h1-52H. The minimum Gasteiger partial charge on any atom is -0.309 e. The van der Waals surface area contributed by atoms with Gasteiger partial charge in [0.15, 0.2) is 0 Å². The minimum atomic E-state index is 1.07. The summed E-state index contributed by atoms with van der Waals surface area (Å²) in [5.41, 5.74) is 16.1. The molecule has 0 amide bonds. The summed E-state index contributed by atoms with van der Waals surface area (Å²) in [5.74, 6) is 0. The molecule has 15 aromatic rings. The van der Waals surface area contributed by atoms with Crippen LogP contribution >= 0.6 is 0 Å². The summed E-state index contributed by atoms with van der Waals surface area (Å²) < 4.78 is 0. The van der Waals surface area contributed by atoms with Crippen molar-refractivity contribution in [3.05, 3.63) is 315 Å². The van der Waals surface area contributed by atoms with Crippen LogP contribution in [0.25, 0.3) is 109 Å². The number of fused-ring (bicyclic) bond motifs is 6. The van der Waals surface area contributed by atoms with Crippen LogP contribution in [-0.4, -0.2) is 0 Å². The van der Waals surface area contributed by atoms with Gasteiger partial charge in [0.05, 0.1) is 11.4 Å². The Hall–Kier alpha value is -10.5. The van der Waals surface area contributed by atoms with Crippen LogP contribution in [-0.2, 0) is 0 Å². The smallest absolute Gasteiger partial charge is 0.0619 e. The van der Waals surface area contributed by atoms with Gasteiger partial charge in [-0.2, -0.15) is 0 Å². The molecule has 0 aliphatic carbocycles. The van der Waals surface area contributed by atoms with Gasteiger partial charge in [0.25, 0.3) is 0 Å². The van der Waals surface area contributed by atoms with Crippen LogP contribution in [0, 0.1) is 0 Å². The highest BCUT2D eigenvalue weighted by Gasteiger charge is 2.27. The van der Waals surface area contributed by atoms with E-state index >= 15 is 0 Å². The van der Waals surface area contributed by atoms with E-state index in [-0.39, 0.29) is 0 Å². The number of para-hydroxylation sites is 1. The molecule has 0 unspecified atom stereocenters. The molecule has 0 heterocycles. The van der Waals surface area contributed by atoms with Crippen LogP contribution in [0.4, 0.5) is 34.1 Å². The van der Waals surface area contributed by atoms with Crippen molar-refractivity contribution < 1.29 is 0 Å². The Morgan fingerprint density at radius 2 is 0.463 bits per heavy atom. The molecule has 0 radical (unpaired) electrons. The molecule has 0 saturated heterocycles. The second-order valence-electron chi connectivity index (χ2n) is 20.8. The van der Waals surface area contributed by atoms with Crippen molar-refractivity contribution in [2.75, 3.05) is 9.80 Å². The summed E-state index contributed by atoms with van der Waals surface area (Å²) >= 11 is 0. The van der Waals surface area contributed by atoms with Crippen LogP contribution in [0.5, 0.6) is 0 Å². The van der Waals surface area contributed by atoms with Gasteiger partial charge in [-0.1, -0.05) is 255 Å². The van der Waals surface area contributed by atoms with E-state index in [1.54, 1.807) is 0 Å². The molecule has 0 aliphatic heterocycles. The lowest BCUT2D eigenvalue weighted by atomic mass is 9.85. The maximum atomic E-state index is 2.51. The average Bonchev–Trinajstić information content (AvgIpc) is 3.66. The van der Waals surface area contributed by atoms with Crippen molar-refractivity contribution in [1.82, 2.24) is 0 Å². The number of hydrogen-bond donors (Lipinski definition) is 0. The molecule has 0 atom stereocenters. The Kier molecular flexibility index (Phi) is 11.6. The van der Waals surface area contributed by atoms with E-state index in [9.17, 15) is 0 Å². The van der Waals surface area contributed by atoms with Crippen molar-refractivity contribution in [2.24, 2.45) is 0 Å². The first-order valence-corrected chi connectivity index (χ1v) is 27.6. The maximum Gasteiger partial charge on any atom is 0.0619 e. The van der Waals surface area contributed by atoms with Gasteiger partial charge in [0, 0.05) is 44.3 Å². The zero-order chi connectivity index (χ0) is 52.9. The molecule has 0 aliphatic rings. The third kappa shape index (κ3) is 8.13. The molecule has 15 aromatic carbocycles. The lowest BCUT2D eigenvalue weighted by Gasteiger charge is -2.33. The molecule has 0 N–H and O–H groups in total. The lowest BCUT2D eigenvalue weighted by molar-refractivity contribution is 1.30. The van der Waals surface area contributed by atoms with Gasteiger partial charge in [-0.15, -0.1) is 0 Å². The van der Waals surface area contributed by atoms with Gasteiger partial charge in [-0.3, -0.25) is 0 Å². The monoisotopic (exact) mass is 1020 g/mol. The predicted octanol–water partition coefficient (Wildman–Crippen LogP) is 22.2. The summed E-state index contributed by atoms with van der Waals surface area (Å²) in [5, 5.41) is 14.3. The highest BCUT2D eigenvalue weighted by atomic mass is 15.2. The number of anilines is 6. The fourth-order valence-corrected chi connectivity index (χ4v) is 12.4. The highest BCUT2D eigenvalue weighted by molar-refractivity contribution is 6.25. The average molecular weight is 1020 g/mol. The lowest BCUT2D eigenvalue weighted by Crippen LogP contribution is -2.14. The number of benzene rings is 15. The molecule has 0 saturated carbocycles. The van der Waals surface area contributed by atoms with Crippen LogP contribution in [0.3, 0.4) is 0 Å². The van der Waals surface area contributed by atoms with Crippen LogP contribution < -0.4 is 9.80 Å². The third-order valence-corrected chi connectivity index (χ3v) is 16.1. The molecule has 374 valence electrons. The molecule has 80 heavy (non-hydrogen) atoms. The fourth-order valence-electron chi connectivity index (χ4n) is 12.4. The van der Waals surface area contributed by atoms with E-state index in [2.05, 4.69) is 325 Å². The number of nitrogens with zero attached hydrogens (tertiary/aromatic N) is 2. The number of rotatable bonds is 10. The Balaban J connectivity index is 0.999. The molecular weight excluding hydrogens is 965 g/mol. The Labute approximate surface area is 465 Å². The second-order valence-corrected chi connectivity index (χ2v) is 20.8. The zero-order valence-electron chi connectivity index (χ0n) is 43.9. The van der Waals surface area contributed by atoms with Crippen LogP contribution in [0.2, 0.25) is 0 Å². The molecule has 2 nitrogen and oxygen atoms in total. The summed E-state index contributed by atoms with van der Waals surface area (Å²) in [6, 6.07) is 116. The normalized spacial score (nSPS) is 11.5. The topological polar surface area (TPSA) is 6.48 Å². The van der Waals surface area contributed by atoms with E-state index in [0.29, 0.717) is 0 Å². The van der Waals surface area contributed by atoms with Crippen molar-refractivity contribution in [1.29, 1.82) is 0 Å². The van der Waals surface area contributed by atoms with Crippen LogP contribution in [0.15, 0.2) is 315 Å². The minimum absolute atomic E-state index is 1.07. The summed E-state index contributed by atoms with van der Waals surface area (Å²) in [4.78, 5) is 4.98. The molecule has 0 fully saturated rings. The molecule has 0 spiro atoms. The first-order valence-electron chi connectivity index (χ1n) is 27.6. The maximum absolute atomic E-state index is 2.51. The fraction of sp³-hybridized carbons (Fsp3) is 0. The molecule has 2 heteroatoms. The van der Waals surface area contributed by atoms with E-state index < -0.39 is 0 Å². The molecule has 0 aromatic heterocycles. The van der Waals surface area contributed by atoms with E-state index in [0.717, 1.165) is 55.7 Å². The SMILES string of the molecule is c1ccc(-c2ccc(N(c3ccc(-c4ccccc4)cc3)c3c4ccccc4c(N(c4ccccc4)c4ccc5c(-c6ccc7ccccc7c6)c6ccccc6c(-c6ccc7ccccc7c6)c5c4)c4ccccc34)cc2)cc1. The molecular formula is C78H52N2.